The van der Waals surface area contributed by atoms with Crippen LogP contribution in [0.3, 0.4) is 0 Å². The van der Waals surface area contributed by atoms with Crippen LogP contribution in [0, 0.1) is 0 Å². The largest absolute Gasteiger partial charge is 0.428 e. The van der Waals surface area contributed by atoms with Gasteiger partial charge in [0.05, 0.1) is 6.08 Å². The number of esters is 1. The molecule has 0 aromatic carbocycles. The molecule has 0 radical (unpaired) electrons. The third-order valence-electron chi connectivity index (χ3n) is 0.583. The van der Waals surface area contributed by atoms with Gasteiger partial charge in [0.1, 0.15) is 5.76 Å². The number of rotatable bonds is 0. The zero-order valence-corrected chi connectivity index (χ0v) is 3.39. The normalized spacial score (nSPS) is 18.2. The zero-order chi connectivity index (χ0) is 4.57. The van der Waals surface area contributed by atoms with Crippen LogP contribution in [0.15, 0.2) is 11.8 Å². The first-order chi connectivity index (χ1) is 2.79. The number of carbonyl (C=O) groups excluding carboxylic acids is 1. The second-order valence-electron chi connectivity index (χ2n) is 1.18. The molecule has 0 fully saturated rings. The molecule has 1 aliphatic rings. The van der Waals surface area contributed by atoms with Crippen molar-refractivity contribution in [1.29, 1.82) is 0 Å². The van der Waals surface area contributed by atoms with Gasteiger partial charge in [-0.3, -0.25) is 0 Å². The molecule has 1 heterocycles. The number of hydrogen-bond donors (Lipinski definition) is 0. The third kappa shape index (κ3) is 0.302. The topological polar surface area (TPSA) is 26.3 Å². The molecule has 32 valence electrons. The molecule has 2 heteroatoms. The first kappa shape index (κ1) is 3.40. The van der Waals surface area contributed by atoms with E-state index in [1.54, 1.807) is 6.92 Å². The van der Waals surface area contributed by atoms with Gasteiger partial charge in [-0.25, -0.2) is 4.79 Å². The molecule has 0 saturated carbocycles. The second kappa shape index (κ2) is 0.834. The molecule has 0 bridgehead atoms. The first-order valence-corrected chi connectivity index (χ1v) is 1.69. The van der Waals surface area contributed by atoms with Crippen molar-refractivity contribution in [2.45, 2.75) is 6.92 Å². The van der Waals surface area contributed by atoms with Crippen LogP contribution in [0.1, 0.15) is 6.92 Å². The Hall–Kier alpha value is -0.790. The molecular weight excluding hydrogens is 80.0 g/mol. The average molecular weight is 84.1 g/mol. The Bertz CT molecular complexity index is 113. The molecule has 0 spiro atoms. The van der Waals surface area contributed by atoms with Crippen LogP contribution in [0.2, 0.25) is 0 Å². The molecule has 0 unspecified atom stereocenters. The van der Waals surface area contributed by atoms with Gasteiger partial charge in [0, 0.05) is 0 Å². The van der Waals surface area contributed by atoms with Gasteiger partial charge in [0.2, 0.25) is 0 Å². The SMILES string of the molecule is CC1=CC(=O)O1. The molecule has 0 N–H and O–H groups in total. The van der Waals surface area contributed by atoms with Gasteiger partial charge in [0.15, 0.2) is 0 Å². The lowest BCUT2D eigenvalue weighted by atomic mass is 10.4. The summed E-state index contributed by atoms with van der Waals surface area (Å²) in [5.74, 6) is 0.479. The van der Waals surface area contributed by atoms with Crippen molar-refractivity contribution in [2.75, 3.05) is 0 Å². The minimum absolute atomic E-state index is 0.229. The average Bonchev–Trinajstić information content (AvgIpc) is 1.33. The van der Waals surface area contributed by atoms with Crippen molar-refractivity contribution in [3.05, 3.63) is 11.8 Å². The van der Waals surface area contributed by atoms with Gasteiger partial charge in [-0.05, 0) is 6.92 Å². The quantitative estimate of drug-likeness (QED) is 0.398. The van der Waals surface area contributed by atoms with Crippen molar-refractivity contribution in [3.63, 3.8) is 0 Å². The van der Waals surface area contributed by atoms with E-state index in [0.717, 1.165) is 0 Å². The van der Waals surface area contributed by atoms with Gasteiger partial charge in [-0.15, -0.1) is 0 Å². The van der Waals surface area contributed by atoms with Crippen LogP contribution in [-0.4, -0.2) is 5.97 Å². The first-order valence-electron chi connectivity index (χ1n) is 1.69. The van der Waals surface area contributed by atoms with Gasteiger partial charge < -0.3 is 4.74 Å². The van der Waals surface area contributed by atoms with E-state index in [2.05, 4.69) is 4.74 Å². The highest BCUT2D eigenvalue weighted by Gasteiger charge is 2.09. The van der Waals surface area contributed by atoms with Crippen molar-refractivity contribution in [1.82, 2.24) is 0 Å². The molecule has 0 amide bonds. The lowest BCUT2D eigenvalue weighted by Crippen LogP contribution is -2.09. The minimum atomic E-state index is -0.229. The van der Waals surface area contributed by atoms with E-state index in [1.165, 1.54) is 6.08 Å². The Morgan fingerprint density at radius 2 is 2.33 bits per heavy atom. The zero-order valence-electron chi connectivity index (χ0n) is 3.39. The number of cyclic esters (lactones) is 1. The van der Waals surface area contributed by atoms with Gasteiger partial charge >= 0.3 is 5.97 Å². The van der Waals surface area contributed by atoms with E-state index < -0.39 is 0 Å². The molecule has 0 aliphatic carbocycles. The number of hydrogen-bond acceptors (Lipinski definition) is 2. The van der Waals surface area contributed by atoms with E-state index in [9.17, 15) is 4.79 Å². The molecule has 1 aliphatic heterocycles. The van der Waals surface area contributed by atoms with E-state index in [-0.39, 0.29) is 5.97 Å². The van der Waals surface area contributed by atoms with E-state index in [4.69, 9.17) is 0 Å². The van der Waals surface area contributed by atoms with Crippen molar-refractivity contribution in [3.8, 4) is 0 Å². The van der Waals surface area contributed by atoms with E-state index in [0.29, 0.717) is 5.76 Å². The van der Waals surface area contributed by atoms with Crippen molar-refractivity contribution < 1.29 is 9.53 Å². The highest BCUT2D eigenvalue weighted by atomic mass is 16.6. The Labute approximate surface area is 35.4 Å². The van der Waals surface area contributed by atoms with Gasteiger partial charge in [-0.1, -0.05) is 0 Å². The summed E-state index contributed by atoms with van der Waals surface area (Å²) in [7, 11) is 0. The number of ether oxygens (including phenoxy) is 1. The third-order valence-corrected chi connectivity index (χ3v) is 0.583. The summed E-state index contributed by atoms with van der Waals surface area (Å²) in [6.45, 7) is 1.74. The fraction of sp³-hybridized carbons (Fsp3) is 0.250. The predicted octanol–water partition coefficient (Wildman–Crippen LogP) is 0.447. The molecule has 0 atom stereocenters. The van der Waals surface area contributed by atoms with Crippen LogP contribution >= 0.6 is 0 Å². The lowest BCUT2D eigenvalue weighted by Gasteiger charge is -2.06. The Kier molecular flexibility index (Phi) is 0.473. The maximum atomic E-state index is 9.81. The predicted molar refractivity (Wildman–Crippen MR) is 19.8 cm³/mol. The summed E-state index contributed by atoms with van der Waals surface area (Å²) >= 11 is 0. The molecule has 0 aromatic heterocycles. The summed E-state index contributed by atoms with van der Waals surface area (Å²) in [6.07, 6.45) is 1.44. The summed E-state index contributed by atoms with van der Waals surface area (Å²) < 4.78 is 4.36. The smallest absolute Gasteiger partial charge is 0.339 e. The molecule has 0 saturated heterocycles. The maximum absolute atomic E-state index is 9.81. The summed E-state index contributed by atoms with van der Waals surface area (Å²) in [6, 6.07) is 0. The highest BCUT2D eigenvalue weighted by molar-refractivity contribution is 5.88. The second-order valence-corrected chi connectivity index (χ2v) is 1.18. The lowest BCUT2D eigenvalue weighted by molar-refractivity contribution is -0.138. The van der Waals surface area contributed by atoms with Gasteiger partial charge in [0.25, 0.3) is 0 Å². The van der Waals surface area contributed by atoms with E-state index in [1.807, 2.05) is 0 Å². The van der Waals surface area contributed by atoms with Crippen LogP contribution in [0.4, 0.5) is 0 Å². The molecule has 1 rings (SSSR count). The van der Waals surface area contributed by atoms with Crippen LogP contribution < -0.4 is 0 Å². The highest BCUT2D eigenvalue weighted by Crippen LogP contribution is 2.06. The standard InChI is InChI=1S/C4H4O2/c1-3-2-4(5)6-3/h2H,1H3. The monoisotopic (exact) mass is 84.0 g/mol. The Morgan fingerprint density at radius 3 is 2.33 bits per heavy atom. The van der Waals surface area contributed by atoms with Crippen molar-refractivity contribution in [2.24, 2.45) is 0 Å². The number of carbonyl (C=O) groups is 1. The summed E-state index contributed by atoms with van der Waals surface area (Å²) in [4.78, 5) is 9.81. The molecule has 0 aromatic rings. The van der Waals surface area contributed by atoms with Crippen LogP contribution in [0.5, 0.6) is 0 Å². The van der Waals surface area contributed by atoms with Crippen LogP contribution in [0.25, 0.3) is 0 Å². The molecule has 2 nitrogen and oxygen atoms in total. The van der Waals surface area contributed by atoms with Gasteiger partial charge in [-0.2, -0.15) is 0 Å². The Morgan fingerprint density at radius 1 is 1.83 bits per heavy atom. The Balaban J connectivity index is 2.68. The molecule has 6 heavy (non-hydrogen) atoms. The minimum Gasteiger partial charge on any atom is -0.428 e. The van der Waals surface area contributed by atoms with Crippen molar-refractivity contribution >= 4 is 5.97 Å². The summed E-state index contributed by atoms with van der Waals surface area (Å²) in [5, 5.41) is 0. The number of allylic oxidation sites excluding steroid dienone is 1. The molecular formula is C4H4O2. The van der Waals surface area contributed by atoms with E-state index >= 15 is 0 Å². The summed E-state index contributed by atoms with van der Waals surface area (Å²) in [5.41, 5.74) is 0. The maximum Gasteiger partial charge on any atom is 0.339 e. The van der Waals surface area contributed by atoms with Crippen LogP contribution in [-0.2, 0) is 9.53 Å². The fourth-order valence-electron chi connectivity index (χ4n) is 0.325. The fourth-order valence-corrected chi connectivity index (χ4v) is 0.325.